The topological polar surface area (TPSA) is 63.2 Å². The van der Waals surface area contributed by atoms with Gasteiger partial charge in [0.1, 0.15) is 16.9 Å². The van der Waals surface area contributed by atoms with E-state index < -0.39 is 60.6 Å². The summed E-state index contributed by atoms with van der Waals surface area (Å²) in [4.78, 5) is 11.5. The summed E-state index contributed by atoms with van der Waals surface area (Å²) in [5.74, 6) is -1.08. The number of carbonyl (C=O) groups excluding carboxylic acids is 1. The molecule has 0 aliphatic rings. The molecule has 0 aliphatic heterocycles. The van der Waals surface area contributed by atoms with E-state index in [1.807, 2.05) is 0 Å². The summed E-state index contributed by atoms with van der Waals surface area (Å²) in [6, 6.07) is 10.2. The largest absolute Gasteiger partial charge is 0.527 e. The molecule has 0 bridgehead atoms. The van der Waals surface area contributed by atoms with Crippen molar-refractivity contribution in [2.75, 3.05) is 6.61 Å². The normalized spacial score (nSPS) is 14.5. The molecule has 0 unspecified atom stereocenters. The molecule has 2 rings (SSSR count). The van der Waals surface area contributed by atoms with Gasteiger partial charge in [0.15, 0.2) is 6.61 Å². The average Bonchev–Trinajstić information content (AvgIpc) is 2.80. The van der Waals surface area contributed by atoms with Crippen LogP contribution in [0.2, 0.25) is 0 Å². The number of alkyl halides is 14. The van der Waals surface area contributed by atoms with Crippen LogP contribution in [0.1, 0.15) is 6.92 Å². The Hall–Kier alpha value is -3.03. The van der Waals surface area contributed by atoms with Gasteiger partial charge in [-0.2, -0.15) is 43.9 Å². The van der Waals surface area contributed by atoms with E-state index in [0.717, 1.165) is 12.1 Å². The minimum Gasteiger partial charge on any atom is -0.484 e. The van der Waals surface area contributed by atoms with Gasteiger partial charge in [-0.25, -0.2) is 14.2 Å². The van der Waals surface area contributed by atoms with Crippen molar-refractivity contribution in [2.45, 2.75) is 49.2 Å². The first-order valence-electron chi connectivity index (χ1n) is 10.6. The SMILES string of the molecule is C[C@H](Cl)C(=O)Oc1ccc(-c2ccc(OCC(F)(F)OC(F)(F)C(F)(F)OC(F)(F)C(F)(F)OC(F)(F)F)cc2)cc1. The lowest BCUT2D eigenvalue weighted by Gasteiger charge is -2.33. The second kappa shape index (κ2) is 12.3. The molecule has 2 aromatic carbocycles. The fourth-order valence-electron chi connectivity index (χ4n) is 2.58. The maximum atomic E-state index is 13.8. The minimum atomic E-state index is -7.13. The molecular formula is C22H14ClF13O6. The summed E-state index contributed by atoms with van der Waals surface area (Å²) in [6.45, 7) is -0.896. The van der Waals surface area contributed by atoms with Crippen LogP contribution in [0.15, 0.2) is 48.5 Å². The van der Waals surface area contributed by atoms with E-state index in [-0.39, 0.29) is 5.75 Å². The summed E-state index contributed by atoms with van der Waals surface area (Å²) < 4.78 is 184. The van der Waals surface area contributed by atoms with Crippen LogP contribution >= 0.6 is 11.6 Å². The van der Waals surface area contributed by atoms with Crippen LogP contribution in [0.5, 0.6) is 11.5 Å². The van der Waals surface area contributed by atoms with Crippen LogP contribution in [0.3, 0.4) is 0 Å². The zero-order valence-corrected chi connectivity index (χ0v) is 20.9. The molecule has 0 fully saturated rings. The van der Waals surface area contributed by atoms with Gasteiger partial charge in [-0.15, -0.1) is 24.8 Å². The molecule has 236 valence electrons. The molecule has 1 atom stereocenters. The van der Waals surface area contributed by atoms with Crippen molar-refractivity contribution >= 4 is 17.6 Å². The third kappa shape index (κ3) is 9.50. The number of halogens is 14. The van der Waals surface area contributed by atoms with E-state index >= 15 is 0 Å². The first-order valence-corrected chi connectivity index (χ1v) is 11.1. The average molecular weight is 657 g/mol. The number of rotatable bonds is 13. The number of hydrogen-bond acceptors (Lipinski definition) is 6. The molecule has 0 aromatic heterocycles. The summed E-state index contributed by atoms with van der Waals surface area (Å²) in [5, 5.41) is -0.921. The Morgan fingerprint density at radius 2 is 1.02 bits per heavy atom. The Labute approximate surface area is 230 Å². The fourth-order valence-corrected chi connectivity index (χ4v) is 2.63. The number of benzene rings is 2. The van der Waals surface area contributed by atoms with Gasteiger partial charge in [-0.1, -0.05) is 24.3 Å². The van der Waals surface area contributed by atoms with Gasteiger partial charge in [-0.3, -0.25) is 4.79 Å². The molecule has 20 heteroatoms. The summed E-state index contributed by atoms with van der Waals surface area (Å²) in [5.41, 5.74) is 0.892. The molecule has 6 nitrogen and oxygen atoms in total. The molecule has 0 N–H and O–H groups in total. The van der Waals surface area contributed by atoms with Crippen LogP contribution in [-0.2, 0) is 19.0 Å². The van der Waals surface area contributed by atoms with Crippen molar-refractivity contribution in [1.82, 2.24) is 0 Å². The smallest absolute Gasteiger partial charge is 0.484 e. The van der Waals surface area contributed by atoms with Gasteiger partial charge in [0.2, 0.25) is 0 Å². The van der Waals surface area contributed by atoms with Crippen molar-refractivity contribution in [2.24, 2.45) is 0 Å². The van der Waals surface area contributed by atoms with E-state index in [0.29, 0.717) is 11.1 Å². The number of ether oxygens (including phenoxy) is 5. The maximum absolute atomic E-state index is 13.8. The second-order valence-electron chi connectivity index (χ2n) is 7.83. The van der Waals surface area contributed by atoms with Gasteiger partial charge in [-0.05, 0) is 42.3 Å². The zero-order valence-electron chi connectivity index (χ0n) is 20.1. The number of carbonyl (C=O) groups is 1. The van der Waals surface area contributed by atoms with E-state index in [1.165, 1.54) is 43.3 Å². The summed E-state index contributed by atoms with van der Waals surface area (Å²) in [6.07, 6.45) is -40.0. The highest BCUT2D eigenvalue weighted by Crippen LogP contribution is 2.48. The van der Waals surface area contributed by atoms with Crippen molar-refractivity contribution in [1.29, 1.82) is 0 Å². The first-order chi connectivity index (χ1) is 18.9. The molecule has 0 heterocycles. The highest BCUT2D eigenvalue weighted by molar-refractivity contribution is 6.29. The van der Waals surface area contributed by atoms with Gasteiger partial charge < -0.3 is 9.47 Å². The van der Waals surface area contributed by atoms with Crippen molar-refractivity contribution in [3.8, 4) is 22.6 Å². The third-order valence-electron chi connectivity index (χ3n) is 4.45. The van der Waals surface area contributed by atoms with E-state index in [1.54, 1.807) is 9.47 Å². The Morgan fingerprint density at radius 1 is 0.643 bits per heavy atom. The lowest BCUT2D eigenvalue weighted by molar-refractivity contribution is -0.564. The van der Waals surface area contributed by atoms with Crippen LogP contribution in [0.4, 0.5) is 57.1 Å². The molecule has 0 aliphatic carbocycles. The molecule has 42 heavy (non-hydrogen) atoms. The molecule has 0 saturated heterocycles. The van der Waals surface area contributed by atoms with Crippen LogP contribution < -0.4 is 9.47 Å². The monoisotopic (exact) mass is 656 g/mol. The standard InChI is InChI=1S/C22H14ClF13O6/c1-11(23)16(37)39-15-8-4-13(5-9-15)12-2-6-14(7-3-12)38-10-17(24,25)40-18(26,27)19(28,29)41-20(30,31)21(32,33)42-22(34,35)36/h2-9,11H,10H2,1H3/t11-/m0/s1. The summed E-state index contributed by atoms with van der Waals surface area (Å²) >= 11 is 5.58. The zero-order chi connectivity index (χ0) is 32.4. The summed E-state index contributed by atoms with van der Waals surface area (Å²) in [7, 11) is 0. The first kappa shape index (κ1) is 35.2. The molecular weight excluding hydrogens is 643 g/mol. The lowest BCUT2D eigenvalue weighted by atomic mass is 10.1. The molecule has 0 amide bonds. The van der Waals surface area contributed by atoms with Crippen LogP contribution in [0, 0.1) is 0 Å². The van der Waals surface area contributed by atoms with E-state index in [9.17, 15) is 61.9 Å². The fraction of sp³-hybridized carbons (Fsp3) is 0.409. The lowest BCUT2D eigenvalue weighted by Crippen LogP contribution is -2.57. The van der Waals surface area contributed by atoms with E-state index in [2.05, 4.69) is 9.47 Å². The highest BCUT2D eigenvalue weighted by atomic mass is 35.5. The number of esters is 1. The maximum Gasteiger partial charge on any atom is 0.527 e. The number of hydrogen-bond donors (Lipinski definition) is 0. The van der Waals surface area contributed by atoms with Crippen molar-refractivity contribution < 1.29 is 85.6 Å². The molecule has 0 spiro atoms. The third-order valence-corrected chi connectivity index (χ3v) is 4.63. The second-order valence-corrected chi connectivity index (χ2v) is 8.49. The Morgan fingerprint density at radius 3 is 1.43 bits per heavy atom. The van der Waals surface area contributed by atoms with Gasteiger partial charge in [0.25, 0.3) is 0 Å². The Balaban J connectivity index is 2.04. The van der Waals surface area contributed by atoms with Crippen molar-refractivity contribution in [3.05, 3.63) is 48.5 Å². The quantitative estimate of drug-likeness (QED) is 0.0950. The molecule has 0 radical (unpaired) electrons. The Kier molecular flexibility index (Phi) is 10.3. The molecule has 2 aromatic rings. The van der Waals surface area contributed by atoms with Crippen molar-refractivity contribution in [3.63, 3.8) is 0 Å². The van der Waals surface area contributed by atoms with Gasteiger partial charge in [0, 0.05) is 0 Å². The van der Waals surface area contributed by atoms with Gasteiger partial charge in [0.05, 0.1) is 0 Å². The predicted molar refractivity (Wildman–Crippen MR) is 112 cm³/mol. The minimum absolute atomic E-state index is 0.137. The predicted octanol–water partition coefficient (Wildman–Crippen LogP) is 7.80. The van der Waals surface area contributed by atoms with Crippen LogP contribution in [-0.4, -0.2) is 54.9 Å². The highest BCUT2D eigenvalue weighted by Gasteiger charge is 2.74. The van der Waals surface area contributed by atoms with Gasteiger partial charge >= 0.3 is 42.9 Å². The van der Waals surface area contributed by atoms with E-state index in [4.69, 9.17) is 16.3 Å². The Bertz CT molecular complexity index is 1200. The molecule has 0 saturated carbocycles. The van der Waals surface area contributed by atoms with Crippen LogP contribution in [0.25, 0.3) is 11.1 Å².